The first-order valence-electron chi connectivity index (χ1n) is 9.48. The van der Waals surface area contributed by atoms with Crippen molar-refractivity contribution in [3.8, 4) is 11.8 Å². The number of rotatable bonds is 2. The molecule has 3 nitrogen and oxygen atoms in total. The third-order valence-electron chi connectivity index (χ3n) is 5.76. The van der Waals surface area contributed by atoms with Crippen LogP contribution in [0.3, 0.4) is 0 Å². The number of hydrogen-bond acceptors (Lipinski definition) is 2. The van der Waals surface area contributed by atoms with Gasteiger partial charge in [0.2, 0.25) is 0 Å². The highest BCUT2D eigenvalue weighted by atomic mass is 79.9. The van der Waals surface area contributed by atoms with Gasteiger partial charge in [-0.1, -0.05) is 39.8 Å². The lowest BCUT2D eigenvalue weighted by atomic mass is 10.2. The molecule has 0 atom stereocenters. The number of halogens is 1. The molecule has 0 aliphatic rings. The Bertz CT molecular complexity index is 1060. The van der Waals surface area contributed by atoms with Crippen LogP contribution in [-0.4, -0.2) is 31.5 Å². The van der Waals surface area contributed by atoms with E-state index in [-0.39, 0.29) is 5.04 Å². The van der Waals surface area contributed by atoms with Crippen LogP contribution < -0.4 is 4.90 Å². The van der Waals surface area contributed by atoms with E-state index >= 15 is 0 Å². The average molecular weight is 454 g/mol. The van der Waals surface area contributed by atoms with Crippen LogP contribution in [0.25, 0.3) is 11.0 Å². The van der Waals surface area contributed by atoms with Crippen LogP contribution in [0.2, 0.25) is 18.1 Å². The van der Waals surface area contributed by atoms with Crippen molar-refractivity contribution in [3.05, 3.63) is 58.3 Å². The Kier molecular flexibility index (Phi) is 5.48. The minimum Gasteiger partial charge on any atom is -0.378 e. The summed E-state index contributed by atoms with van der Waals surface area (Å²) in [5.74, 6) is 6.81. The summed E-state index contributed by atoms with van der Waals surface area (Å²) < 4.78 is 3.49. The van der Waals surface area contributed by atoms with Gasteiger partial charge in [0.1, 0.15) is 5.65 Å². The molecular weight excluding hydrogens is 426 g/mol. The highest BCUT2D eigenvalue weighted by molar-refractivity contribution is 9.10. The summed E-state index contributed by atoms with van der Waals surface area (Å²) in [6, 6.07) is 12.5. The molecule has 0 aliphatic heterocycles. The summed E-state index contributed by atoms with van der Waals surface area (Å²) in [5.41, 5.74) is 4.25. The summed E-state index contributed by atoms with van der Waals surface area (Å²) in [4.78, 5) is 6.82. The van der Waals surface area contributed by atoms with Crippen LogP contribution in [0.1, 0.15) is 32.0 Å². The van der Waals surface area contributed by atoms with Crippen LogP contribution in [0.4, 0.5) is 5.69 Å². The van der Waals surface area contributed by atoms with Crippen LogP contribution in [0.15, 0.2) is 47.1 Å². The zero-order valence-corrected chi connectivity index (χ0v) is 20.3. The van der Waals surface area contributed by atoms with Gasteiger partial charge in [-0.3, -0.25) is 0 Å². The molecule has 0 spiro atoms. The molecule has 5 heteroatoms. The van der Waals surface area contributed by atoms with Crippen molar-refractivity contribution in [3.63, 3.8) is 0 Å². The highest BCUT2D eigenvalue weighted by Crippen LogP contribution is 2.40. The molecule has 0 N–H and O–H groups in total. The number of pyridine rings is 1. The van der Waals surface area contributed by atoms with Crippen molar-refractivity contribution in [1.82, 2.24) is 9.22 Å². The summed E-state index contributed by atoms with van der Waals surface area (Å²) >= 11 is 3.69. The van der Waals surface area contributed by atoms with Crippen LogP contribution in [-0.2, 0) is 0 Å². The van der Waals surface area contributed by atoms with Crippen molar-refractivity contribution in [2.45, 2.75) is 38.9 Å². The number of benzene rings is 1. The van der Waals surface area contributed by atoms with Gasteiger partial charge in [-0.05, 0) is 63.3 Å². The molecule has 0 fully saturated rings. The molecule has 0 amide bonds. The van der Waals surface area contributed by atoms with Gasteiger partial charge in [0, 0.05) is 41.4 Å². The first-order valence-corrected chi connectivity index (χ1v) is 13.2. The van der Waals surface area contributed by atoms with Crippen molar-refractivity contribution < 1.29 is 0 Å². The zero-order chi connectivity index (χ0) is 20.7. The summed E-state index contributed by atoms with van der Waals surface area (Å²) in [7, 11) is 2.19. The van der Waals surface area contributed by atoms with Crippen molar-refractivity contribution in [2.75, 3.05) is 19.0 Å². The lowest BCUT2D eigenvalue weighted by Gasteiger charge is -2.38. The molecule has 0 radical (unpaired) electrons. The predicted molar refractivity (Wildman–Crippen MR) is 127 cm³/mol. The lowest BCUT2D eigenvalue weighted by Crippen LogP contribution is -2.46. The topological polar surface area (TPSA) is 21.1 Å². The molecule has 0 unspecified atom stereocenters. The minimum atomic E-state index is -1.90. The van der Waals surface area contributed by atoms with E-state index in [1.54, 1.807) is 0 Å². The van der Waals surface area contributed by atoms with E-state index in [0.29, 0.717) is 0 Å². The fraction of sp³-hybridized carbons (Fsp3) is 0.348. The largest absolute Gasteiger partial charge is 0.378 e. The molecule has 3 rings (SSSR count). The maximum Gasteiger partial charge on any atom is 0.164 e. The Labute approximate surface area is 178 Å². The predicted octanol–water partition coefficient (Wildman–Crippen LogP) is 6.12. The maximum atomic E-state index is 4.72. The van der Waals surface area contributed by atoms with Crippen LogP contribution in [0.5, 0.6) is 0 Å². The third kappa shape index (κ3) is 3.76. The molecule has 0 saturated heterocycles. The van der Waals surface area contributed by atoms with Gasteiger partial charge >= 0.3 is 0 Å². The monoisotopic (exact) mass is 453 g/mol. The van der Waals surface area contributed by atoms with E-state index in [2.05, 4.69) is 101 Å². The minimum absolute atomic E-state index is 0.173. The number of aromatic nitrogens is 2. The highest BCUT2D eigenvalue weighted by Gasteiger charge is 2.40. The van der Waals surface area contributed by atoms with E-state index in [1.165, 1.54) is 5.69 Å². The third-order valence-corrected chi connectivity index (χ3v) is 11.7. The van der Waals surface area contributed by atoms with E-state index in [9.17, 15) is 0 Å². The Balaban J connectivity index is 2.17. The SMILES string of the molecule is CN(C)c1ccc(C#Cc2cc3c(Br)ccnc3n2[Si](C)(C)C(C)(C)C)cc1. The standard InChI is InChI=1S/C23H28BrN3Si/c1-23(2,3)28(6,7)27-19(16-20-21(24)14-15-25-22(20)27)13-10-17-8-11-18(12-9-17)26(4)5/h8-9,11-12,14-16H,1-7H3. The molecule has 28 heavy (non-hydrogen) atoms. The molecular formula is C23H28BrN3Si. The van der Waals surface area contributed by atoms with Gasteiger partial charge in [-0.2, -0.15) is 0 Å². The summed E-state index contributed by atoms with van der Waals surface area (Å²) in [6.45, 7) is 11.7. The Hall–Kier alpha value is -2.03. The smallest absolute Gasteiger partial charge is 0.164 e. The van der Waals surface area contributed by atoms with Crippen molar-refractivity contribution in [1.29, 1.82) is 0 Å². The van der Waals surface area contributed by atoms with E-state index in [0.717, 1.165) is 26.8 Å². The normalized spacial score (nSPS) is 12.0. The maximum absolute atomic E-state index is 4.72. The van der Waals surface area contributed by atoms with Gasteiger partial charge in [0.25, 0.3) is 0 Å². The molecule has 146 valence electrons. The van der Waals surface area contributed by atoms with Gasteiger partial charge in [-0.25, -0.2) is 4.98 Å². The van der Waals surface area contributed by atoms with Gasteiger partial charge in [0.15, 0.2) is 8.24 Å². The molecule has 1 aromatic carbocycles. The summed E-state index contributed by atoms with van der Waals surface area (Å²) in [6.07, 6.45) is 1.87. The van der Waals surface area contributed by atoms with Crippen LogP contribution in [0, 0.1) is 11.8 Å². The number of anilines is 1. The van der Waals surface area contributed by atoms with Gasteiger partial charge in [-0.15, -0.1) is 0 Å². The summed E-state index contributed by atoms with van der Waals surface area (Å²) in [5, 5.41) is 1.30. The molecule has 3 aromatic rings. The van der Waals surface area contributed by atoms with Gasteiger partial charge in [0.05, 0.1) is 5.69 Å². The number of fused-ring (bicyclic) bond motifs is 1. The number of nitrogens with zero attached hydrogens (tertiary/aromatic N) is 3. The zero-order valence-electron chi connectivity index (χ0n) is 17.8. The average Bonchev–Trinajstić information content (AvgIpc) is 3.00. The first-order chi connectivity index (χ1) is 13.0. The van der Waals surface area contributed by atoms with Crippen molar-refractivity contribution >= 4 is 40.9 Å². The fourth-order valence-electron chi connectivity index (χ4n) is 3.04. The second-order valence-electron chi connectivity index (χ2n) is 8.90. The molecule has 2 aromatic heterocycles. The second-order valence-corrected chi connectivity index (χ2v) is 14.8. The molecule has 2 heterocycles. The van der Waals surface area contributed by atoms with E-state index < -0.39 is 8.24 Å². The first kappa shape index (κ1) is 20.7. The number of hydrogen-bond donors (Lipinski definition) is 0. The van der Waals surface area contributed by atoms with E-state index in [4.69, 9.17) is 4.98 Å². The van der Waals surface area contributed by atoms with Gasteiger partial charge < -0.3 is 9.13 Å². The molecule has 0 aliphatic carbocycles. The van der Waals surface area contributed by atoms with Crippen LogP contribution >= 0.6 is 15.9 Å². The Morgan fingerprint density at radius 3 is 2.25 bits per heavy atom. The fourth-order valence-corrected chi connectivity index (χ4v) is 5.55. The molecule has 0 saturated carbocycles. The van der Waals surface area contributed by atoms with Crippen molar-refractivity contribution in [2.24, 2.45) is 0 Å². The second kappa shape index (κ2) is 7.42. The molecule has 0 bridgehead atoms. The lowest BCUT2D eigenvalue weighted by molar-refractivity contribution is 0.701. The quantitative estimate of drug-likeness (QED) is 0.344. The van der Waals surface area contributed by atoms with E-state index in [1.807, 2.05) is 26.4 Å². The Morgan fingerprint density at radius 2 is 1.68 bits per heavy atom. The Morgan fingerprint density at radius 1 is 1.04 bits per heavy atom.